The molecule has 0 spiro atoms. The fourth-order valence-corrected chi connectivity index (χ4v) is 2.70. The number of hydrogen-bond donors (Lipinski definition) is 0. The van der Waals surface area contributed by atoms with Crippen molar-refractivity contribution >= 4 is 27.1 Å². The second kappa shape index (κ2) is 3.99. The molecule has 0 aliphatic heterocycles. The van der Waals surface area contributed by atoms with E-state index < -0.39 is 0 Å². The van der Waals surface area contributed by atoms with Gasteiger partial charge in [0.05, 0.1) is 0 Å². The summed E-state index contributed by atoms with van der Waals surface area (Å²) in [4.78, 5) is 0. The molecule has 3 aromatic carbocycles. The third-order valence-corrected chi connectivity index (χ3v) is 3.66. The van der Waals surface area contributed by atoms with E-state index in [4.69, 9.17) is 0 Å². The first-order valence-corrected chi connectivity index (χ1v) is 6.25. The quantitative estimate of drug-likeness (QED) is 0.497. The first-order valence-electron chi connectivity index (χ1n) is 6.25. The summed E-state index contributed by atoms with van der Waals surface area (Å²) in [6, 6.07) is 17.4. The number of hydrogen-bond acceptors (Lipinski definition) is 0. The molecule has 0 atom stereocenters. The largest absolute Gasteiger partial charge is 0.0955 e. The Morgan fingerprint density at radius 1 is 0.833 bits per heavy atom. The predicted octanol–water partition coefficient (Wildman–Crippen LogP) is 5.33. The van der Waals surface area contributed by atoms with E-state index >= 15 is 0 Å². The molecule has 0 radical (unpaired) electrons. The Bertz CT molecular complexity index is 763. The van der Waals surface area contributed by atoms with Crippen molar-refractivity contribution in [2.45, 2.75) is 13.8 Å². The maximum absolute atomic E-state index is 4.06. The standard InChI is InChI=1S/C18H16/c1-12(2)15-10-11-18-16(13(15)3)9-8-14-6-4-5-7-17(14)18/h4-11H,1H2,2-3H3. The number of rotatable bonds is 1. The van der Waals surface area contributed by atoms with E-state index in [1.165, 1.54) is 32.7 Å². The van der Waals surface area contributed by atoms with Crippen molar-refractivity contribution in [2.75, 3.05) is 0 Å². The molecule has 0 heterocycles. The summed E-state index contributed by atoms with van der Waals surface area (Å²) in [6.07, 6.45) is 0. The molecular formula is C18H16. The van der Waals surface area contributed by atoms with Crippen LogP contribution in [-0.2, 0) is 0 Å². The number of benzene rings is 3. The van der Waals surface area contributed by atoms with Crippen LogP contribution in [0.5, 0.6) is 0 Å². The van der Waals surface area contributed by atoms with Crippen molar-refractivity contribution in [1.82, 2.24) is 0 Å². The maximum atomic E-state index is 4.06. The SMILES string of the molecule is C=C(C)c1ccc2c(ccc3ccccc32)c1C. The summed E-state index contributed by atoms with van der Waals surface area (Å²) in [7, 11) is 0. The summed E-state index contributed by atoms with van der Waals surface area (Å²) in [5, 5.41) is 5.28. The van der Waals surface area contributed by atoms with Crippen LogP contribution in [0.15, 0.2) is 55.1 Å². The highest BCUT2D eigenvalue weighted by molar-refractivity contribution is 6.09. The second-order valence-corrected chi connectivity index (χ2v) is 4.90. The number of aryl methyl sites for hydroxylation is 1. The molecule has 0 saturated carbocycles. The topological polar surface area (TPSA) is 0 Å². The highest BCUT2D eigenvalue weighted by Gasteiger charge is 2.06. The number of fused-ring (bicyclic) bond motifs is 3. The third kappa shape index (κ3) is 1.53. The Morgan fingerprint density at radius 2 is 1.56 bits per heavy atom. The van der Waals surface area contributed by atoms with Gasteiger partial charge in [-0.05, 0) is 46.5 Å². The van der Waals surface area contributed by atoms with Crippen molar-refractivity contribution in [3.05, 3.63) is 66.2 Å². The Kier molecular flexibility index (Phi) is 2.45. The summed E-state index contributed by atoms with van der Waals surface area (Å²) in [5.41, 5.74) is 3.71. The van der Waals surface area contributed by atoms with E-state index in [1.807, 2.05) is 0 Å². The van der Waals surface area contributed by atoms with Gasteiger partial charge in [0.2, 0.25) is 0 Å². The summed E-state index contributed by atoms with van der Waals surface area (Å²) < 4.78 is 0. The molecule has 0 heteroatoms. The lowest BCUT2D eigenvalue weighted by atomic mass is 9.93. The smallest absolute Gasteiger partial charge is 0.0102 e. The van der Waals surface area contributed by atoms with Gasteiger partial charge in [-0.3, -0.25) is 0 Å². The molecule has 3 aromatic rings. The van der Waals surface area contributed by atoms with Gasteiger partial charge in [0.1, 0.15) is 0 Å². The van der Waals surface area contributed by atoms with Crippen LogP contribution in [-0.4, -0.2) is 0 Å². The summed E-state index contributed by atoms with van der Waals surface area (Å²) >= 11 is 0. The van der Waals surface area contributed by atoms with E-state index in [2.05, 4.69) is 69.0 Å². The van der Waals surface area contributed by atoms with Crippen LogP contribution in [0.2, 0.25) is 0 Å². The van der Waals surface area contributed by atoms with E-state index in [0.29, 0.717) is 0 Å². The van der Waals surface area contributed by atoms with Gasteiger partial charge in [-0.2, -0.15) is 0 Å². The fraction of sp³-hybridized carbons (Fsp3) is 0.111. The zero-order valence-corrected chi connectivity index (χ0v) is 10.8. The van der Waals surface area contributed by atoms with E-state index in [1.54, 1.807) is 0 Å². The van der Waals surface area contributed by atoms with Crippen molar-refractivity contribution in [3.8, 4) is 0 Å². The highest BCUT2D eigenvalue weighted by atomic mass is 14.1. The average molecular weight is 232 g/mol. The van der Waals surface area contributed by atoms with Crippen LogP contribution >= 0.6 is 0 Å². The van der Waals surface area contributed by atoms with Gasteiger partial charge < -0.3 is 0 Å². The van der Waals surface area contributed by atoms with E-state index in [0.717, 1.165) is 5.57 Å². The van der Waals surface area contributed by atoms with Gasteiger partial charge in [0.25, 0.3) is 0 Å². The van der Waals surface area contributed by atoms with E-state index in [-0.39, 0.29) is 0 Å². The first kappa shape index (κ1) is 11.0. The van der Waals surface area contributed by atoms with Crippen molar-refractivity contribution in [3.63, 3.8) is 0 Å². The van der Waals surface area contributed by atoms with Crippen LogP contribution in [0.4, 0.5) is 0 Å². The lowest BCUT2D eigenvalue weighted by Gasteiger charge is -2.11. The minimum Gasteiger partial charge on any atom is -0.0955 e. The fourth-order valence-electron chi connectivity index (χ4n) is 2.70. The second-order valence-electron chi connectivity index (χ2n) is 4.90. The molecule has 0 N–H and O–H groups in total. The molecule has 18 heavy (non-hydrogen) atoms. The van der Waals surface area contributed by atoms with Crippen LogP contribution in [0.3, 0.4) is 0 Å². The monoisotopic (exact) mass is 232 g/mol. The Morgan fingerprint density at radius 3 is 2.33 bits per heavy atom. The Balaban J connectivity index is 2.48. The molecule has 0 unspecified atom stereocenters. The van der Waals surface area contributed by atoms with Gasteiger partial charge in [0, 0.05) is 0 Å². The molecule has 0 aromatic heterocycles. The zero-order valence-electron chi connectivity index (χ0n) is 10.8. The minimum absolute atomic E-state index is 1.13. The molecule has 88 valence electrons. The molecule has 3 rings (SSSR count). The molecule has 0 fully saturated rings. The molecule has 0 nitrogen and oxygen atoms in total. The van der Waals surface area contributed by atoms with Gasteiger partial charge in [-0.25, -0.2) is 0 Å². The Labute approximate surface area is 108 Å². The summed E-state index contributed by atoms with van der Waals surface area (Å²) in [5.74, 6) is 0. The molecule has 0 bridgehead atoms. The first-order chi connectivity index (χ1) is 8.68. The lowest BCUT2D eigenvalue weighted by Crippen LogP contribution is -1.88. The van der Waals surface area contributed by atoms with Crippen LogP contribution in [0.25, 0.3) is 27.1 Å². The molecular weight excluding hydrogens is 216 g/mol. The molecule has 0 aliphatic carbocycles. The number of allylic oxidation sites excluding steroid dienone is 1. The molecule has 0 amide bonds. The molecule has 0 saturated heterocycles. The van der Waals surface area contributed by atoms with Crippen molar-refractivity contribution < 1.29 is 0 Å². The van der Waals surface area contributed by atoms with E-state index in [9.17, 15) is 0 Å². The molecule has 0 aliphatic rings. The third-order valence-electron chi connectivity index (χ3n) is 3.66. The lowest BCUT2D eigenvalue weighted by molar-refractivity contribution is 1.46. The van der Waals surface area contributed by atoms with Crippen molar-refractivity contribution in [1.29, 1.82) is 0 Å². The summed E-state index contributed by atoms with van der Waals surface area (Å²) in [6.45, 7) is 8.30. The van der Waals surface area contributed by atoms with Crippen molar-refractivity contribution in [2.24, 2.45) is 0 Å². The maximum Gasteiger partial charge on any atom is -0.0102 e. The van der Waals surface area contributed by atoms with Gasteiger partial charge >= 0.3 is 0 Å². The van der Waals surface area contributed by atoms with Gasteiger partial charge in [0.15, 0.2) is 0 Å². The zero-order chi connectivity index (χ0) is 12.7. The normalized spacial score (nSPS) is 11.0. The van der Waals surface area contributed by atoms with Crippen LogP contribution < -0.4 is 0 Å². The minimum atomic E-state index is 1.13. The predicted molar refractivity (Wildman–Crippen MR) is 80.9 cm³/mol. The highest BCUT2D eigenvalue weighted by Crippen LogP contribution is 2.31. The van der Waals surface area contributed by atoms with Crippen LogP contribution in [0, 0.1) is 6.92 Å². The average Bonchev–Trinajstić information content (AvgIpc) is 2.38. The van der Waals surface area contributed by atoms with Gasteiger partial charge in [-0.1, -0.05) is 60.7 Å². The van der Waals surface area contributed by atoms with Gasteiger partial charge in [-0.15, -0.1) is 0 Å². The Hall–Kier alpha value is -2.08. The van der Waals surface area contributed by atoms with Crippen LogP contribution in [0.1, 0.15) is 18.1 Å².